The molecule has 1 saturated heterocycles. The molecular weight excluding hydrogens is 437 g/mol. The average molecular weight is 469 g/mol. The largest absolute Gasteiger partial charge is 0.486 e. The maximum absolute atomic E-state index is 14.8. The Morgan fingerprint density at radius 3 is 2.32 bits per heavy atom. The quantitative estimate of drug-likeness (QED) is 0.386. The van der Waals surface area contributed by atoms with Crippen LogP contribution in [0.2, 0.25) is 0 Å². The first kappa shape index (κ1) is 23.2. The van der Waals surface area contributed by atoms with E-state index in [1.807, 2.05) is 30.3 Å². The van der Waals surface area contributed by atoms with Gasteiger partial charge in [-0.15, -0.1) is 0 Å². The first-order valence-electron chi connectivity index (χ1n) is 12.4. The molecule has 5 rings (SSSR count). The van der Waals surface area contributed by atoms with E-state index in [2.05, 4.69) is 6.92 Å². The second kappa shape index (κ2) is 9.99. The Morgan fingerprint density at radius 2 is 1.68 bits per heavy atom. The number of benzene rings is 2. The van der Waals surface area contributed by atoms with E-state index in [-0.39, 0.29) is 36.1 Å². The van der Waals surface area contributed by atoms with Crippen molar-refractivity contribution in [3.63, 3.8) is 0 Å². The molecule has 34 heavy (non-hydrogen) atoms. The second-order valence-corrected chi connectivity index (χ2v) is 9.80. The van der Waals surface area contributed by atoms with Crippen molar-refractivity contribution in [3.05, 3.63) is 82.7 Å². The number of hydrogen-bond donors (Lipinski definition) is 0. The van der Waals surface area contributed by atoms with Crippen molar-refractivity contribution in [3.8, 4) is 5.75 Å². The molecule has 5 heteroatoms. The van der Waals surface area contributed by atoms with Crippen LogP contribution in [-0.4, -0.2) is 12.7 Å². The van der Waals surface area contributed by atoms with Crippen LogP contribution in [0.25, 0.3) is 5.57 Å². The Hall–Kier alpha value is -2.53. The number of hydrogen-bond acceptors (Lipinski definition) is 2. The van der Waals surface area contributed by atoms with Crippen molar-refractivity contribution >= 4 is 5.57 Å². The molecule has 0 bridgehead atoms. The van der Waals surface area contributed by atoms with Crippen LogP contribution in [0.5, 0.6) is 5.75 Å². The molecule has 1 aliphatic heterocycles. The van der Waals surface area contributed by atoms with Gasteiger partial charge in [0.25, 0.3) is 0 Å². The van der Waals surface area contributed by atoms with E-state index in [4.69, 9.17) is 9.47 Å². The maximum Gasteiger partial charge on any atom is 0.200 e. The van der Waals surface area contributed by atoms with Gasteiger partial charge in [0.1, 0.15) is 12.4 Å². The summed E-state index contributed by atoms with van der Waals surface area (Å²) in [6.45, 7) is 3.00. The summed E-state index contributed by atoms with van der Waals surface area (Å²) in [5.74, 6) is -1.11. The molecule has 2 aromatic carbocycles. The van der Waals surface area contributed by atoms with Gasteiger partial charge >= 0.3 is 0 Å². The van der Waals surface area contributed by atoms with Gasteiger partial charge in [0.15, 0.2) is 11.6 Å². The standard InChI is InChI=1S/C29H31F3O2/c1-2-18-3-7-21(8-4-18)24-13-14-26(29(32)28(24)31)33-16-19-5-9-20(10-6-19)23-12-11-22(15-25(23)30)27-17-34-27/h5-6,9-10,12-15,18,21-22,27H,2-4,7-8,11,16-17H2,1H3. The molecule has 180 valence electrons. The van der Waals surface area contributed by atoms with Crippen molar-refractivity contribution in [2.24, 2.45) is 11.8 Å². The minimum absolute atomic E-state index is 0.0783. The molecule has 3 aliphatic rings. The van der Waals surface area contributed by atoms with E-state index in [1.165, 1.54) is 0 Å². The molecule has 0 aromatic heterocycles. The fourth-order valence-corrected chi connectivity index (χ4v) is 5.31. The Labute approximate surface area is 199 Å². The number of rotatable bonds is 7. The summed E-state index contributed by atoms with van der Waals surface area (Å²) in [5.41, 5.74) is 2.64. The molecule has 2 fully saturated rings. The number of ether oxygens (including phenoxy) is 2. The summed E-state index contributed by atoms with van der Waals surface area (Å²) in [4.78, 5) is 0. The summed E-state index contributed by atoms with van der Waals surface area (Å²) >= 11 is 0. The molecule has 0 spiro atoms. The third-order valence-electron chi connectivity index (χ3n) is 7.65. The van der Waals surface area contributed by atoms with Gasteiger partial charge < -0.3 is 9.47 Å². The monoisotopic (exact) mass is 468 g/mol. The van der Waals surface area contributed by atoms with Crippen molar-refractivity contribution in [2.45, 2.75) is 64.1 Å². The zero-order valence-corrected chi connectivity index (χ0v) is 19.5. The van der Waals surface area contributed by atoms with E-state index >= 15 is 0 Å². The van der Waals surface area contributed by atoms with Crippen molar-refractivity contribution in [1.82, 2.24) is 0 Å². The van der Waals surface area contributed by atoms with Crippen LogP contribution in [0, 0.1) is 23.5 Å². The topological polar surface area (TPSA) is 21.8 Å². The molecule has 1 heterocycles. The SMILES string of the molecule is CCC1CCC(c2ccc(OCc3ccc(C4=CCC(C5CO5)C=C4F)cc3)c(F)c2F)CC1. The molecule has 2 aliphatic carbocycles. The van der Waals surface area contributed by atoms with E-state index in [1.54, 1.807) is 18.2 Å². The molecule has 1 saturated carbocycles. The molecule has 0 amide bonds. The second-order valence-electron chi connectivity index (χ2n) is 9.80. The number of halogens is 3. The third-order valence-corrected chi connectivity index (χ3v) is 7.65. The van der Waals surface area contributed by atoms with Crippen LogP contribution in [0.1, 0.15) is 68.1 Å². The summed E-state index contributed by atoms with van der Waals surface area (Å²) in [7, 11) is 0. The van der Waals surface area contributed by atoms with Gasteiger partial charge in [-0.3, -0.25) is 0 Å². The van der Waals surface area contributed by atoms with E-state index in [0.29, 0.717) is 23.7 Å². The highest BCUT2D eigenvalue weighted by molar-refractivity contribution is 5.78. The molecule has 0 radical (unpaired) electrons. The smallest absolute Gasteiger partial charge is 0.200 e. The maximum atomic E-state index is 14.8. The summed E-state index contributed by atoms with van der Waals surface area (Å²) in [5, 5.41) is 0. The van der Waals surface area contributed by atoms with E-state index < -0.39 is 11.6 Å². The fraction of sp³-hybridized carbons (Fsp3) is 0.448. The highest BCUT2D eigenvalue weighted by atomic mass is 19.2. The van der Waals surface area contributed by atoms with Gasteiger partial charge in [-0.05, 0) is 72.8 Å². The lowest BCUT2D eigenvalue weighted by Crippen LogP contribution is -2.14. The Balaban J connectivity index is 1.21. The van der Waals surface area contributed by atoms with Gasteiger partial charge in [0, 0.05) is 11.5 Å². The Bertz CT molecular complexity index is 1080. The van der Waals surface area contributed by atoms with Gasteiger partial charge in [-0.2, -0.15) is 4.39 Å². The minimum Gasteiger partial charge on any atom is -0.486 e. The van der Waals surface area contributed by atoms with E-state index in [9.17, 15) is 13.2 Å². The predicted octanol–water partition coefficient (Wildman–Crippen LogP) is 7.88. The zero-order chi connectivity index (χ0) is 23.7. The van der Waals surface area contributed by atoms with Gasteiger partial charge in [0.2, 0.25) is 5.82 Å². The van der Waals surface area contributed by atoms with Crippen LogP contribution in [0.3, 0.4) is 0 Å². The highest BCUT2D eigenvalue weighted by Crippen LogP contribution is 2.40. The summed E-state index contributed by atoms with van der Waals surface area (Å²) in [6.07, 6.45) is 9.59. The van der Waals surface area contributed by atoms with Crippen molar-refractivity contribution in [2.75, 3.05) is 6.61 Å². The van der Waals surface area contributed by atoms with Gasteiger partial charge in [-0.25, -0.2) is 8.78 Å². The Kier molecular flexibility index (Phi) is 6.82. The molecule has 2 unspecified atom stereocenters. The number of epoxide rings is 1. The normalized spacial score (nSPS) is 26.6. The van der Waals surface area contributed by atoms with Gasteiger partial charge in [-0.1, -0.05) is 49.8 Å². The Morgan fingerprint density at radius 1 is 0.941 bits per heavy atom. The summed E-state index contributed by atoms with van der Waals surface area (Å²) < 4.78 is 55.0. The lowest BCUT2D eigenvalue weighted by Gasteiger charge is -2.28. The zero-order valence-electron chi connectivity index (χ0n) is 19.5. The van der Waals surface area contributed by atoms with Crippen LogP contribution in [0.4, 0.5) is 13.2 Å². The molecule has 2 nitrogen and oxygen atoms in total. The average Bonchev–Trinajstić information content (AvgIpc) is 3.71. The van der Waals surface area contributed by atoms with E-state index in [0.717, 1.165) is 49.7 Å². The lowest BCUT2D eigenvalue weighted by atomic mass is 9.77. The lowest BCUT2D eigenvalue weighted by molar-refractivity contribution is 0.280. The third kappa shape index (κ3) is 4.95. The van der Waals surface area contributed by atoms with Crippen LogP contribution >= 0.6 is 0 Å². The van der Waals surface area contributed by atoms with Crippen LogP contribution in [-0.2, 0) is 11.3 Å². The van der Waals surface area contributed by atoms with Crippen molar-refractivity contribution in [1.29, 1.82) is 0 Å². The fourth-order valence-electron chi connectivity index (χ4n) is 5.31. The van der Waals surface area contributed by atoms with Gasteiger partial charge in [0.05, 0.1) is 12.7 Å². The predicted molar refractivity (Wildman–Crippen MR) is 127 cm³/mol. The molecule has 2 atom stereocenters. The first-order chi connectivity index (χ1) is 16.5. The minimum atomic E-state index is -0.916. The van der Waals surface area contributed by atoms with Crippen molar-refractivity contribution < 1.29 is 22.6 Å². The molecule has 0 N–H and O–H groups in total. The van der Waals surface area contributed by atoms with Crippen LogP contribution < -0.4 is 4.74 Å². The number of allylic oxidation sites excluding steroid dienone is 3. The van der Waals surface area contributed by atoms with Crippen LogP contribution in [0.15, 0.2) is 54.4 Å². The summed E-state index contributed by atoms with van der Waals surface area (Å²) in [6, 6.07) is 10.5. The highest BCUT2D eigenvalue weighted by Gasteiger charge is 2.33. The molecular formula is C29H31F3O2. The first-order valence-corrected chi connectivity index (χ1v) is 12.4. The molecule has 2 aromatic rings.